The second-order valence-corrected chi connectivity index (χ2v) is 4.84. The Hall–Kier alpha value is -3.02. The number of nitrogens with zero attached hydrogens (tertiary/aromatic N) is 4. The highest BCUT2D eigenvalue weighted by atomic mass is 16.2. The Morgan fingerprint density at radius 3 is 2.36 bits per heavy atom. The minimum atomic E-state index is -0.349. The Morgan fingerprint density at radius 2 is 1.68 bits per heavy atom. The molecule has 1 N–H and O–H groups in total. The van der Waals surface area contributed by atoms with Gasteiger partial charge in [0.05, 0.1) is 11.7 Å². The van der Waals surface area contributed by atoms with Crippen LogP contribution in [-0.2, 0) is 0 Å². The molecule has 1 amide bonds. The number of hydrogen-bond donors (Lipinski definition) is 1. The molecule has 1 aromatic heterocycles. The van der Waals surface area contributed by atoms with Crippen LogP contribution in [-0.4, -0.2) is 26.1 Å². The number of rotatable bonds is 4. The van der Waals surface area contributed by atoms with Crippen molar-refractivity contribution >= 4 is 5.91 Å². The van der Waals surface area contributed by atoms with Gasteiger partial charge in [0.2, 0.25) is 0 Å². The third-order valence-electron chi connectivity index (χ3n) is 3.25. The Labute approximate surface area is 127 Å². The van der Waals surface area contributed by atoms with Gasteiger partial charge in [0, 0.05) is 0 Å². The molecule has 0 aliphatic heterocycles. The zero-order valence-electron chi connectivity index (χ0n) is 12.0. The second-order valence-electron chi connectivity index (χ2n) is 4.84. The summed E-state index contributed by atoms with van der Waals surface area (Å²) in [6, 6.07) is 18.9. The first-order chi connectivity index (χ1) is 10.7. The van der Waals surface area contributed by atoms with Gasteiger partial charge in [-0.2, -0.15) is 0 Å². The molecule has 0 aliphatic carbocycles. The van der Waals surface area contributed by atoms with Gasteiger partial charge in [-0.1, -0.05) is 48.5 Å². The maximum absolute atomic E-state index is 12.2. The third-order valence-corrected chi connectivity index (χ3v) is 3.25. The first-order valence-electron chi connectivity index (χ1n) is 6.95. The molecule has 3 aromatic rings. The highest BCUT2D eigenvalue weighted by Gasteiger charge is 2.16. The number of benzene rings is 2. The molecule has 1 heterocycles. The Balaban J connectivity index is 1.72. The van der Waals surface area contributed by atoms with E-state index in [1.54, 1.807) is 0 Å². The van der Waals surface area contributed by atoms with E-state index in [0.717, 1.165) is 11.3 Å². The standard InChI is InChI=1S/C16H15N5O/c1-12(13-8-4-2-5-9-13)17-16(22)15-18-20-21(19-15)14-10-6-3-7-11-14/h2-12H,1H3,(H,17,22)/t12-/m1/s1. The molecule has 6 heteroatoms. The SMILES string of the molecule is C[C@@H](NC(=O)c1nnn(-c2ccccc2)n1)c1ccccc1. The number of amides is 1. The summed E-state index contributed by atoms with van der Waals surface area (Å²) in [4.78, 5) is 13.5. The monoisotopic (exact) mass is 293 g/mol. The van der Waals surface area contributed by atoms with Crippen LogP contribution in [0.25, 0.3) is 5.69 Å². The molecule has 0 bridgehead atoms. The van der Waals surface area contributed by atoms with E-state index >= 15 is 0 Å². The van der Waals surface area contributed by atoms with Crippen LogP contribution in [0.4, 0.5) is 0 Å². The van der Waals surface area contributed by atoms with Gasteiger partial charge < -0.3 is 5.32 Å². The summed E-state index contributed by atoms with van der Waals surface area (Å²) < 4.78 is 0. The van der Waals surface area contributed by atoms with Crippen molar-refractivity contribution in [3.8, 4) is 5.69 Å². The molecular formula is C16H15N5O. The van der Waals surface area contributed by atoms with Gasteiger partial charge in [0.1, 0.15) is 0 Å². The van der Waals surface area contributed by atoms with E-state index in [4.69, 9.17) is 0 Å². The van der Waals surface area contributed by atoms with Crippen molar-refractivity contribution in [3.05, 3.63) is 72.1 Å². The number of nitrogens with one attached hydrogen (secondary N) is 1. The summed E-state index contributed by atoms with van der Waals surface area (Å²) in [7, 11) is 0. The van der Waals surface area contributed by atoms with Crippen molar-refractivity contribution in [1.29, 1.82) is 0 Å². The van der Waals surface area contributed by atoms with E-state index < -0.39 is 0 Å². The van der Waals surface area contributed by atoms with E-state index in [1.807, 2.05) is 67.6 Å². The van der Waals surface area contributed by atoms with Gasteiger partial charge in [0.25, 0.3) is 11.7 Å². The van der Waals surface area contributed by atoms with Crippen LogP contribution in [0.15, 0.2) is 60.7 Å². The fraction of sp³-hybridized carbons (Fsp3) is 0.125. The first kappa shape index (κ1) is 13.9. The van der Waals surface area contributed by atoms with Crippen LogP contribution >= 0.6 is 0 Å². The molecule has 0 saturated carbocycles. The highest BCUT2D eigenvalue weighted by Crippen LogP contribution is 2.11. The molecule has 0 aliphatic rings. The lowest BCUT2D eigenvalue weighted by Crippen LogP contribution is -2.27. The van der Waals surface area contributed by atoms with Crippen molar-refractivity contribution in [2.75, 3.05) is 0 Å². The quantitative estimate of drug-likeness (QED) is 0.800. The molecule has 110 valence electrons. The molecule has 0 spiro atoms. The van der Waals surface area contributed by atoms with E-state index in [2.05, 4.69) is 20.7 Å². The summed E-state index contributed by atoms with van der Waals surface area (Å²) in [6.45, 7) is 1.91. The van der Waals surface area contributed by atoms with Crippen LogP contribution in [0.1, 0.15) is 29.1 Å². The molecule has 1 atom stereocenters. The minimum Gasteiger partial charge on any atom is -0.343 e. The van der Waals surface area contributed by atoms with E-state index in [1.165, 1.54) is 4.80 Å². The average molecular weight is 293 g/mol. The van der Waals surface area contributed by atoms with Crippen molar-refractivity contribution in [3.63, 3.8) is 0 Å². The smallest absolute Gasteiger partial charge is 0.293 e. The van der Waals surface area contributed by atoms with Crippen molar-refractivity contribution in [2.24, 2.45) is 0 Å². The topological polar surface area (TPSA) is 72.7 Å². The molecule has 3 rings (SSSR count). The molecule has 0 saturated heterocycles. The van der Waals surface area contributed by atoms with E-state index in [-0.39, 0.29) is 17.8 Å². The summed E-state index contributed by atoms with van der Waals surface area (Å²) in [5, 5.41) is 14.7. The fourth-order valence-electron chi connectivity index (χ4n) is 2.06. The highest BCUT2D eigenvalue weighted by molar-refractivity contribution is 5.90. The maximum atomic E-state index is 12.2. The lowest BCUT2D eigenvalue weighted by molar-refractivity contribution is 0.0929. The molecular weight excluding hydrogens is 278 g/mol. The fourth-order valence-corrected chi connectivity index (χ4v) is 2.06. The minimum absolute atomic E-state index is 0.0478. The number of aromatic nitrogens is 4. The zero-order valence-corrected chi connectivity index (χ0v) is 12.0. The van der Waals surface area contributed by atoms with E-state index in [9.17, 15) is 4.79 Å². The zero-order chi connectivity index (χ0) is 15.4. The number of tetrazole rings is 1. The first-order valence-corrected chi connectivity index (χ1v) is 6.95. The van der Waals surface area contributed by atoms with Gasteiger partial charge in [-0.3, -0.25) is 4.79 Å². The predicted molar refractivity (Wildman–Crippen MR) is 81.5 cm³/mol. The van der Waals surface area contributed by atoms with Gasteiger partial charge in [-0.05, 0) is 29.8 Å². The van der Waals surface area contributed by atoms with Crippen LogP contribution < -0.4 is 5.32 Å². The third kappa shape index (κ3) is 3.01. The summed E-state index contributed by atoms with van der Waals surface area (Å²) in [6.07, 6.45) is 0. The van der Waals surface area contributed by atoms with Gasteiger partial charge in [-0.25, -0.2) is 0 Å². The summed E-state index contributed by atoms with van der Waals surface area (Å²) >= 11 is 0. The molecule has 6 nitrogen and oxygen atoms in total. The van der Waals surface area contributed by atoms with Gasteiger partial charge in [-0.15, -0.1) is 15.0 Å². The van der Waals surface area contributed by atoms with Crippen LogP contribution in [0.3, 0.4) is 0 Å². The number of carbonyl (C=O) groups excluding carboxylic acids is 1. The average Bonchev–Trinajstić information content (AvgIpc) is 3.06. The van der Waals surface area contributed by atoms with Crippen molar-refractivity contribution < 1.29 is 4.79 Å². The Bertz CT molecular complexity index is 754. The number of para-hydroxylation sites is 1. The Morgan fingerprint density at radius 1 is 1.05 bits per heavy atom. The number of hydrogen-bond acceptors (Lipinski definition) is 4. The molecule has 22 heavy (non-hydrogen) atoms. The molecule has 0 unspecified atom stereocenters. The largest absolute Gasteiger partial charge is 0.343 e. The normalized spacial score (nSPS) is 11.9. The predicted octanol–water partition coefficient (Wildman–Crippen LogP) is 2.15. The lowest BCUT2D eigenvalue weighted by Gasteiger charge is -2.12. The molecule has 0 fully saturated rings. The van der Waals surface area contributed by atoms with E-state index in [0.29, 0.717) is 0 Å². The lowest BCUT2D eigenvalue weighted by atomic mass is 10.1. The summed E-state index contributed by atoms with van der Waals surface area (Å²) in [5.74, 6) is -0.301. The Kier molecular flexibility index (Phi) is 3.91. The molecule has 2 aromatic carbocycles. The van der Waals surface area contributed by atoms with Gasteiger partial charge in [0.15, 0.2) is 0 Å². The van der Waals surface area contributed by atoms with Crippen molar-refractivity contribution in [2.45, 2.75) is 13.0 Å². The van der Waals surface area contributed by atoms with Crippen LogP contribution in [0.2, 0.25) is 0 Å². The van der Waals surface area contributed by atoms with Crippen LogP contribution in [0, 0.1) is 0 Å². The number of carbonyl (C=O) groups is 1. The summed E-state index contributed by atoms with van der Waals surface area (Å²) in [5.41, 5.74) is 1.77. The maximum Gasteiger partial charge on any atom is 0.293 e. The van der Waals surface area contributed by atoms with Gasteiger partial charge >= 0.3 is 0 Å². The van der Waals surface area contributed by atoms with Crippen molar-refractivity contribution in [1.82, 2.24) is 25.5 Å². The second kappa shape index (κ2) is 6.17. The van der Waals surface area contributed by atoms with Crippen LogP contribution in [0.5, 0.6) is 0 Å². The molecule has 0 radical (unpaired) electrons.